The number of benzene rings is 6. The van der Waals surface area contributed by atoms with Gasteiger partial charge in [-0.2, -0.15) is 0 Å². The molecule has 0 bridgehead atoms. The number of morpholine rings is 1. The fourth-order valence-corrected chi connectivity index (χ4v) is 9.87. The van der Waals surface area contributed by atoms with Gasteiger partial charge in [-0.05, 0) is 75.8 Å². The Balaban J connectivity index is 1.28. The molecule has 1 spiro atoms. The van der Waals surface area contributed by atoms with Crippen molar-refractivity contribution in [3.63, 3.8) is 0 Å². The third kappa shape index (κ3) is 8.11. The Morgan fingerprint density at radius 2 is 1.47 bits per heavy atom. The van der Waals surface area contributed by atoms with E-state index in [1.165, 1.54) is 42.5 Å². The van der Waals surface area contributed by atoms with Crippen molar-refractivity contribution < 1.29 is 48.9 Å². The Hall–Kier alpha value is -8.16. The molecular weight excluding hydrogens is 869 g/mol. The molecule has 9 rings (SSSR count). The molecule has 0 aromatic heterocycles. The van der Waals surface area contributed by atoms with Crippen molar-refractivity contribution in [1.82, 2.24) is 10.2 Å². The molecule has 3 heterocycles. The molecule has 2 fully saturated rings. The van der Waals surface area contributed by atoms with Gasteiger partial charge in [0.05, 0.1) is 41.3 Å². The molecule has 3 aliphatic heterocycles. The number of imide groups is 1. The molecule has 15 heteroatoms. The Morgan fingerprint density at radius 1 is 0.824 bits per heavy atom. The Morgan fingerprint density at radius 3 is 2.12 bits per heavy atom. The predicted octanol–water partition coefficient (Wildman–Crippen LogP) is 6.89. The zero-order valence-electron chi connectivity index (χ0n) is 36.3. The summed E-state index contributed by atoms with van der Waals surface area (Å²) in [4.78, 5) is 75.3. The topological polar surface area (TPSA) is 209 Å². The van der Waals surface area contributed by atoms with Crippen LogP contribution in [0.5, 0.6) is 5.75 Å². The van der Waals surface area contributed by atoms with Crippen LogP contribution in [0.3, 0.4) is 0 Å². The molecule has 6 aromatic carbocycles. The number of phenolic OH excluding ortho intramolecular Hbond substituents is 1. The zero-order chi connectivity index (χ0) is 47.5. The number of esters is 1. The van der Waals surface area contributed by atoms with Gasteiger partial charge in [0.1, 0.15) is 29.9 Å². The first-order valence-corrected chi connectivity index (χ1v) is 21.9. The highest BCUT2D eigenvalue weighted by Gasteiger charge is 2.75. The van der Waals surface area contributed by atoms with E-state index in [-0.39, 0.29) is 42.3 Å². The van der Waals surface area contributed by atoms with Gasteiger partial charge in [-0.1, -0.05) is 115 Å². The Bertz CT molecular complexity index is 2930. The maximum Gasteiger partial charge on any atom is 0.421 e. The summed E-state index contributed by atoms with van der Waals surface area (Å²) in [7, 11) is 0. The number of rotatable bonds is 11. The standard InChI is InChI=1S/C53H44N4O11/c58-29-11-10-12-33-21-28-42-41(30-33)53(51(63)55(42)52(64)67-32-34-19-24-39(25-20-34)57(65)66)44(49(61)54-31-43(60)35-13-4-1-5-14-35)46-50(62)68-47(37-17-8-3-9-18-37)45(36-15-6-2-7-16-36)56(46)48(53)38-22-26-40(59)27-23-38/h1-9,13-28,30,43-48,58-60H,11,29,31-32H2,(H,54,61). The maximum absolute atomic E-state index is 16.3. The molecule has 342 valence electrons. The van der Waals surface area contributed by atoms with Crippen LogP contribution in [0.1, 0.15) is 69.7 Å². The first kappa shape index (κ1) is 45.0. The summed E-state index contributed by atoms with van der Waals surface area (Å²) in [5.74, 6) is 1.58. The summed E-state index contributed by atoms with van der Waals surface area (Å²) in [6, 6.07) is 39.4. The number of nitro benzene ring substituents is 1. The molecule has 0 radical (unpaired) electrons. The number of non-ortho nitro benzene ring substituents is 1. The summed E-state index contributed by atoms with van der Waals surface area (Å²) >= 11 is 0. The second-order valence-corrected chi connectivity index (χ2v) is 16.7. The number of phenols is 1. The fourth-order valence-electron chi connectivity index (χ4n) is 9.87. The van der Waals surface area contributed by atoms with Gasteiger partial charge in [-0.25, -0.2) is 9.69 Å². The van der Waals surface area contributed by atoms with Crippen molar-refractivity contribution in [2.45, 2.75) is 48.8 Å². The van der Waals surface area contributed by atoms with E-state index in [1.54, 1.807) is 54.6 Å². The van der Waals surface area contributed by atoms with Crippen LogP contribution in [0.4, 0.5) is 16.2 Å². The van der Waals surface area contributed by atoms with Crippen molar-refractivity contribution in [3.05, 3.63) is 207 Å². The minimum absolute atomic E-state index is 0.0337. The molecule has 0 aliphatic carbocycles. The number of aliphatic hydroxyl groups is 2. The average Bonchev–Trinajstić information content (AvgIpc) is 3.82. The van der Waals surface area contributed by atoms with Gasteiger partial charge in [-0.15, -0.1) is 0 Å². The number of nitro groups is 1. The maximum atomic E-state index is 16.3. The van der Waals surface area contributed by atoms with Crippen molar-refractivity contribution >= 4 is 35.3 Å². The van der Waals surface area contributed by atoms with Crippen LogP contribution in [0, 0.1) is 27.9 Å². The second kappa shape index (κ2) is 19.0. The largest absolute Gasteiger partial charge is 0.508 e. The number of amides is 3. The molecule has 2 saturated heterocycles. The Kier molecular flexibility index (Phi) is 12.6. The predicted molar refractivity (Wildman–Crippen MR) is 246 cm³/mol. The highest BCUT2D eigenvalue weighted by molar-refractivity contribution is 6.23. The molecule has 3 aliphatic rings. The number of nitrogens with zero attached hydrogens (tertiary/aromatic N) is 3. The number of aromatic hydroxyl groups is 1. The highest BCUT2D eigenvalue weighted by atomic mass is 16.6. The quantitative estimate of drug-likeness (QED) is 0.0454. The first-order valence-electron chi connectivity index (χ1n) is 21.9. The van der Waals surface area contributed by atoms with E-state index in [9.17, 15) is 30.2 Å². The van der Waals surface area contributed by atoms with Gasteiger partial charge in [0.15, 0.2) is 0 Å². The van der Waals surface area contributed by atoms with Crippen molar-refractivity contribution in [2.24, 2.45) is 5.92 Å². The van der Waals surface area contributed by atoms with Gasteiger partial charge in [0, 0.05) is 30.7 Å². The Labute approximate surface area is 390 Å². The summed E-state index contributed by atoms with van der Waals surface area (Å²) in [5.41, 5.74) is 0.767. The fraction of sp³-hybridized carbons (Fsp3) is 0.208. The highest BCUT2D eigenvalue weighted by Crippen LogP contribution is 2.66. The zero-order valence-corrected chi connectivity index (χ0v) is 36.3. The van der Waals surface area contributed by atoms with Gasteiger partial charge < -0.3 is 30.1 Å². The van der Waals surface area contributed by atoms with E-state index in [1.807, 2.05) is 65.6 Å². The number of aliphatic hydroxyl groups excluding tert-OH is 2. The molecule has 68 heavy (non-hydrogen) atoms. The third-order valence-electron chi connectivity index (χ3n) is 12.8. The van der Waals surface area contributed by atoms with E-state index in [0.717, 1.165) is 4.90 Å². The van der Waals surface area contributed by atoms with Crippen LogP contribution < -0.4 is 10.2 Å². The van der Waals surface area contributed by atoms with E-state index in [0.29, 0.717) is 33.4 Å². The van der Waals surface area contributed by atoms with Gasteiger partial charge in [0.25, 0.3) is 5.69 Å². The van der Waals surface area contributed by atoms with Gasteiger partial charge in [-0.3, -0.25) is 29.4 Å². The minimum atomic E-state index is -2.18. The van der Waals surface area contributed by atoms with Crippen molar-refractivity contribution in [3.8, 4) is 17.6 Å². The molecule has 7 atom stereocenters. The van der Waals surface area contributed by atoms with Crippen LogP contribution in [-0.4, -0.2) is 68.2 Å². The van der Waals surface area contributed by atoms with Crippen LogP contribution in [-0.2, 0) is 35.9 Å². The number of cyclic esters (lactones) is 1. The number of ether oxygens (including phenoxy) is 2. The monoisotopic (exact) mass is 912 g/mol. The number of anilines is 1. The molecule has 6 aromatic rings. The molecule has 7 unspecified atom stereocenters. The lowest BCUT2D eigenvalue weighted by Crippen LogP contribution is -2.56. The third-order valence-corrected chi connectivity index (χ3v) is 12.8. The molecule has 15 nitrogen and oxygen atoms in total. The minimum Gasteiger partial charge on any atom is -0.508 e. The lowest BCUT2D eigenvalue weighted by molar-refractivity contribution is -0.384. The lowest BCUT2D eigenvalue weighted by Gasteiger charge is -2.46. The number of hydrogen-bond acceptors (Lipinski definition) is 12. The summed E-state index contributed by atoms with van der Waals surface area (Å²) in [6.07, 6.45) is -3.21. The smallest absolute Gasteiger partial charge is 0.421 e. The van der Waals surface area contributed by atoms with Crippen LogP contribution in [0.15, 0.2) is 158 Å². The van der Waals surface area contributed by atoms with Crippen LogP contribution >= 0.6 is 0 Å². The van der Waals surface area contributed by atoms with Gasteiger partial charge >= 0.3 is 12.1 Å². The molecular formula is C53H44N4O11. The van der Waals surface area contributed by atoms with E-state index in [2.05, 4.69) is 17.2 Å². The van der Waals surface area contributed by atoms with E-state index < -0.39 is 77.1 Å². The molecule has 0 saturated carbocycles. The van der Waals surface area contributed by atoms with Crippen molar-refractivity contribution in [2.75, 3.05) is 18.1 Å². The summed E-state index contributed by atoms with van der Waals surface area (Å²) < 4.78 is 12.3. The summed E-state index contributed by atoms with van der Waals surface area (Å²) in [5, 5.41) is 45.9. The number of fused-ring (bicyclic) bond motifs is 3. The number of carbonyl (C=O) groups excluding carboxylic acids is 4. The van der Waals surface area contributed by atoms with Crippen LogP contribution in [0.2, 0.25) is 0 Å². The second-order valence-electron chi connectivity index (χ2n) is 16.7. The number of carbonyl (C=O) groups is 4. The van der Waals surface area contributed by atoms with Gasteiger partial charge in [0.2, 0.25) is 11.8 Å². The van der Waals surface area contributed by atoms with E-state index >= 15 is 14.4 Å². The number of nitrogens with one attached hydrogen (secondary N) is 1. The lowest BCUT2D eigenvalue weighted by atomic mass is 9.65. The normalized spacial score (nSPS) is 22.0. The number of hydrogen-bond donors (Lipinski definition) is 4. The van der Waals surface area contributed by atoms with Crippen molar-refractivity contribution in [1.29, 1.82) is 0 Å². The summed E-state index contributed by atoms with van der Waals surface area (Å²) in [6.45, 7) is -0.951. The molecule has 4 N–H and O–H groups in total. The average molecular weight is 913 g/mol. The SMILES string of the molecule is O=C1OC(c2ccccc2)C(c2ccccc2)N2C1C(C(=O)NCC(O)c1ccccc1)C1(C(=O)N(C(=O)OCc3ccc([N+](=O)[O-])cc3)c3ccc(C#CCCO)cc31)C2c1ccc(O)cc1. The van der Waals surface area contributed by atoms with E-state index in [4.69, 9.17) is 9.47 Å². The van der Waals surface area contributed by atoms with Crippen LogP contribution in [0.25, 0.3) is 0 Å². The first-order chi connectivity index (χ1) is 33.0. The molecule has 3 amide bonds.